The van der Waals surface area contributed by atoms with E-state index >= 15 is 0 Å². The van der Waals surface area contributed by atoms with Gasteiger partial charge in [-0.3, -0.25) is 9.79 Å². The average molecular weight is 363 g/mol. The van der Waals surface area contributed by atoms with E-state index in [4.69, 9.17) is 21.4 Å². The highest BCUT2D eigenvalue weighted by Gasteiger charge is 2.20. The summed E-state index contributed by atoms with van der Waals surface area (Å²) in [6, 6.07) is 3.44. The Hall–Kier alpha value is -0.230. The van der Waals surface area contributed by atoms with E-state index < -0.39 is 7.82 Å². The summed E-state index contributed by atoms with van der Waals surface area (Å²) in [4.78, 5) is 20.3. The fourth-order valence-electron chi connectivity index (χ4n) is 1.33. The SMILES string of the molecule is Cl.O=P(O)(O)Oc1c[nH]c2ccc(Br)c(Cl)c12. The molecule has 0 aliphatic heterocycles. The van der Waals surface area contributed by atoms with Crippen molar-refractivity contribution in [3.05, 3.63) is 27.8 Å². The van der Waals surface area contributed by atoms with Gasteiger partial charge in [-0.15, -0.1) is 12.4 Å². The van der Waals surface area contributed by atoms with Crippen LogP contribution in [0.1, 0.15) is 0 Å². The highest BCUT2D eigenvalue weighted by molar-refractivity contribution is 9.10. The Balaban J connectivity index is 0.00000144. The first-order chi connectivity index (χ1) is 7.38. The van der Waals surface area contributed by atoms with Crippen LogP contribution in [0.25, 0.3) is 10.9 Å². The third-order valence-corrected chi connectivity index (χ3v) is 3.63. The van der Waals surface area contributed by atoms with Gasteiger partial charge in [0.1, 0.15) is 0 Å². The van der Waals surface area contributed by atoms with Crippen molar-refractivity contribution in [2.75, 3.05) is 0 Å². The molecule has 2 rings (SSSR count). The topological polar surface area (TPSA) is 82.6 Å². The van der Waals surface area contributed by atoms with E-state index in [1.165, 1.54) is 6.20 Å². The van der Waals surface area contributed by atoms with Crippen LogP contribution < -0.4 is 4.52 Å². The lowest BCUT2D eigenvalue weighted by atomic mass is 10.2. The van der Waals surface area contributed by atoms with Crippen LogP contribution >= 0.6 is 47.8 Å². The Labute approximate surface area is 116 Å². The van der Waals surface area contributed by atoms with Gasteiger partial charge < -0.3 is 9.51 Å². The molecule has 2 aromatic rings. The Morgan fingerprint density at radius 2 is 2.06 bits per heavy atom. The molecule has 0 atom stereocenters. The summed E-state index contributed by atoms with van der Waals surface area (Å²) in [7, 11) is -4.59. The van der Waals surface area contributed by atoms with Crippen LogP contribution in [0.3, 0.4) is 0 Å². The molecule has 0 spiro atoms. The molecule has 0 radical (unpaired) electrons. The van der Waals surface area contributed by atoms with Crippen LogP contribution in [0.2, 0.25) is 5.02 Å². The van der Waals surface area contributed by atoms with Gasteiger partial charge in [0.25, 0.3) is 0 Å². The van der Waals surface area contributed by atoms with Crippen molar-refractivity contribution in [3.63, 3.8) is 0 Å². The minimum absolute atomic E-state index is 0. The molecule has 17 heavy (non-hydrogen) atoms. The number of hydrogen-bond donors (Lipinski definition) is 3. The van der Waals surface area contributed by atoms with Gasteiger partial charge >= 0.3 is 7.82 Å². The maximum absolute atomic E-state index is 10.7. The summed E-state index contributed by atoms with van der Waals surface area (Å²) in [6.07, 6.45) is 1.35. The maximum atomic E-state index is 10.7. The van der Waals surface area contributed by atoms with E-state index in [0.29, 0.717) is 20.4 Å². The summed E-state index contributed by atoms with van der Waals surface area (Å²) in [5.74, 6) is 0.0228. The molecular formula is C8H7BrCl2NO4P. The van der Waals surface area contributed by atoms with Crippen LogP contribution in [0.4, 0.5) is 0 Å². The summed E-state index contributed by atoms with van der Waals surface area (Å²) >= 11 is 9.22. The van der Waals surface area contributed by atoms with Crippen molar-refractivity contribution in [2.24, 2.45) is 0 Å². The Kier molecular flexibility index (Phi) is 4.52. The van der Waals surface area contributed by atoms with Crippen LogP contribution in [0, 0.1) is 0 Å². The molecule has 0 saturated heterocycles. The van der Waals surface area contributed by atoms with E-state index in [9.17, 15) is 4.57 Å². The lowest BCUT2D eigenvalue weighted by molar-refractivity contribution is 0.284. The van der Waals surface area contributed by atoms with Crippen molar-refractivity contribution in [3.8, 4) is 5.75 Å². The second-order valence-electron chi connectivity index (χ2n) is 3.02. The van der Waals surface area contributed by atoms with E-state index in [2.05, 4.69) is 25.4 Å². The number of aromatic amines is 1. The molecule has 9 heteroatoms. The third kappa shape index (κ3) is 3.16. The monoisotopic (exact) mass is 361 g/mol. The fraction of sp³-hybridized carbons (Fsp3) is 0. The molecule has 5 nitrogen and oxygen atoms in total. The highest BCUT2D eigenvalue weighted by Crippen LogP contribution is 2.44. The molecule has 94 valence electrons. The number of rotatable bonds is 2. The van der Waals surface area contributed by atoms with Crippen LogP contribution in [-0.2, 0) is 4.57 Å². The summed E-state index contributed by atoms with van der Waals surface area (Å²) < 4.78 is 15.9. The van der Waals surface area contributed by atoms with E-state index in [1.54, 1.807) is 12.1 Å². The van der Waals surface area contributed by atoms with Gasteiger partial charge in [0.15, 0.2) is 5.75 Å². The molecular weight excluding hydrogens is 356 g/mol. The van der Waals surface area contributed by atoms with Crippen LogP contribution in [0.15, 0.2) is 22.8 Å². The van der Waals surface area contributed by atoms with Gasteiger partial charge in [0, 0.05) is 10.7 Å². The number of H-pyrrole nitrogens is 1. The first-order valence-electron chi connectivity index (χ1n) is 4.09. The molecule has 1 heterocycles. The summed E-state index contributed by atoms with van der Waals surface area (Å²) in [5.41, 5.74) is 0.636. The van der Waals surface area contributed by atoms with Gasteiger partial charge in [0.2, 0.25) is 0 Å². The number of hydrogen-bond acceptors (Lipinski definition) is 2. The Bertz CT molecular complexity index is 596. The second-order valence-corrected chi connectivity index (χ2v) is 5.41. The molecule has 3 N–H and O–H groups in total. The largest absolute Gasteiger partial charge is 0.524 e. The lowest BCUT2D eigenvalue weighted by Crippen LogP contribution is -1.89. The molecule has 0 aliphatic carbocycles. The first kappa shape index (κ1) is 14.8. The predicted octanol–water partition coefficient (Wildman–Crippen LogP) is 3.48. The molecule has 1 aromatic carbocycles. The highest BCUT2D eigenvalue weighted by atomic mass is 79.9. The first-order valence-corrected chi connectivity index (χ1v) is 6.79. The van der Waals surface area contributed by atoms with Crippen LogP contribution in [-0.4, -0.2) is 14.8 Å². The van der Waals surface area contributed by atoms with Gasteiger partial charge in [0.05, 0.1) is 15.9 Å². The third-order valence-electron chi connectivity index (χ3n) is 1.92. The molecule has 0 amide bonds. The van der Waals surface area contributed by atoms with Crippen molar-refractivity contribution >= 4 is 58.7 Å². The summed E-state index contributed by atoms with van der Waals surface area (Å²) in [6.45, 7) is 0. The minimum Gasteiger partial charge on any atom is -0.402 e. The number of aromatic nitrogens is 1. The van der Waals surface area contributed by atoms with Gasteiger partial charge in [-0.1, -0.05) is 11.6 Å². The normalized spacial score (nSPS) is 11.3. The van der Waals surface area contributed by atoms with E-state index in [-0.39, 0.29) is 18.2 Å². The molecule has 0 aliphatic rings. The zero-order valence-electron chi connectivity index (χ0n) is 8.05. The minimum atomic E-state index is -4.59. The van der Waals surface area contributed by atoms with Crippen molar-refractivity contribution in [2.45, 2.75) is 0 Å². The predicted molar refractivity (Wildman–Crippen MR) is 70.9 cm³/mol. The Morgan fingerprint density at radius 3 is 2.65 bits per heavy atom. The number of fused-ring (bicyclic) bond motifs is 1. The molecule has 0 saturated carbocycles. The quantitative estimate of drug-likeness (QED) is 0.714. The molecule has 0 fully saturated rings. The number of nitrogens with one attached hydrogen (secondary N) is 1. The lowest BCUT2D eigenvalue weighted by Gasteiger charge is -2.06. The van der Waals surface area contributed by atoms with Gasteiger partial charge in [-0.05, 0) is 28.1 Å². The summed E-state index contributed by atoms with van der Waals surface area (Å²) in [5, 5.41) is 0.765. The standard InChI is InChI=1S/C8H6BrClNO4P.ClH/c9-4-1-2-5-7(8(4)10)6(3-11-5)15-16(12,13)14;/h1-3,11H,(H2,12,13,14);1H. The zero-order valence-corrected chi connectivity index (χ0v) is 12.1. The molecule has 0 unspecified atom stereocenters. The number of benzene rings is 1. The zero-order chi connectivity index (χ0) is 11.9. The fourth-order valence-corrected chi connectivity index (χ4v) is 2.32. The van der Waals surface area contributed by atoms with Crippen molar-refractivity contribution in [1.82, 2.24) is 4.98 Å². The number of halogens is 3. The number of phosphoric ester groups is 1. The molecule has 0 bridgehead atoms. The smallest absolute Gasteiger partial charge is 0.402 e. The van der Waals surface area contributed by atoms with Crippen LogP contribution in [0.5, 0.6) is 5.75 Å². The second kappa shape index (κ2) is 5.18. The van der Waals surface area contributed by atoms with E-state index in [0.717, 1.165) is 0 Å². The van der Waals surface area contributed by atoms with E-state index in [1.807, 2.05) is 0 Å². The maximum Gasteiger partial charge on any atom is 0.524 e. The van der Waals surface area contributed by atoms with Gasteiger partial charge in [-0.2, -0.15) is 0 Å². The van der Waals surface area contributed by atoms with Crippen molar-refractivity contribution in [1.29, 1.82) is 0 Å². The Morgan fingerprint density at radius 1 is 1.41 bits per heavy atom. The number of phosphoric acid groups is 1. The van der Waals surface area contributed by atoms with Gasteiger partial charge in [-0.25, -0.2) is 4.57 Å². The molecule has 1 aromatic heterocycles. The van der Waals surface area contributed by atoms with Crippen molar-refractivity contribution < 1.29 is 18.9 Å². The average Bonchev–Trinajstić information content (AvgIpc) is 2.53.